The van der Waals surface area contributed by atoms with Gasteiger partial charge in [0.2, 0.25) is 11.7 Å². The summed E-state index contributed by atoms with van der Waals surface area (Å²) in [7, 11) is 0. The van der Waals surface area contributed by atoms with Gasteiger partial charge >= 0.3 is 6.18 Å². The third-order valence-corrected chi connectivity index (χ3v) is 5.94. The van der Waals surface area contributed by atoms with E-state index in [1.54, 1.807) is 36.1 Å². The van der Waals surface area contributed by atoms with Gasteiger partial charge in [-0.2, -0.15) is 18.2 Å². The van der Waals surface area contributed by atoms with Crippen molar-refractivity contribution in [3.05, 3.63) is 76.3 Å². The normalized spacial score (nSPS) is 14.3. The van der Waals surface area contributed by atoms with Gasteiger partial charge in [-0.3, -0.25) is 4.79 Å². The van der Waals surface area contributed by atoms with Gasteiger partial charge in [-0.15, -0.1) is 0 Å². The Balaban J connectivity index is 1.32. The molecule has 1 amide bonds. The molecule has 1 fully saturated rings. The van der Waals surface area contributed by atoms with Crippen LogP contribution in [-0.2, 0) is 6.18 Å². The smallest absolute Gasteiger partial charge is 0.360 e. The van der Waals surface area contributed by atoms with Crippen LogP contribution in [0.5, 0.6) is 0 Å². The lowest BCUT2D eigenvalue weighted by Crippen LogP contribution is -2.48. The lowest BCUT2D eigenvalue weighted by Gasteiger charge is -2.37. The maximum Gasteiger partial charge on any atom is 0.416 e. The van der Waals surface area contributed by atoms with Crippen LogP contribution in [0.25, 0.3) is 22.6 Å². The van der Waals surface area contributed by atoms with Crippen LogP contribution in [0.1, 0.15) is 33.5 Å². The van der Waals surface area contributed by atoms with E-state index < -0.39 is 11.7 Å². The molecule has 0 bridgehead atoms. The van der Waals surface area contributed by atoms with Crippen LogP contribution in [0.3, 0.4) is 0 Å². The molecule has 174 valence electrons. The van der Waals surface area contributed by atoms with E-state index in [-0.39, 0.29) is 29.1 Å². The highest BCUT2D eigenvalue weighted by molar-refractivity contribution is 6.33. The third kappa shape index (κ3) is 3.94. The Bertz CT molecular complexity index is 1380. The lowest BCUT2D eigenvalue weighted by atomic mass is 9.97. The second-order valence-corrected chi connectivity index (χ2v) is 8.29. The molecule has 7 nitrogen and oxygen atoms in total. The molecule has 11 heteroatoms. The average Bonchev–Trinajstić information content (AvgIpc) is 3.40. The topological polar surface area (TPSA) is 85.3 Å². The van der Waals surface area contributed by atoms with Gasteiger partial charge in [-0.05, 0) is 25.1 Å². The average molecular weight is 489 g/mol. The monoisotopic (exact) mass is 488 g/mol. The largest absolute Gasteiger partial charge is 0.416 e. The molecule has 0 radical (unpaired) electrons. The summed E-state index contributed by atoms with van der Waals surface area (Å²) in [6.07, 6.45) is -4.47. The minimum atomic E-state index is -4.47. The molecule has 34 heavy (non-hydrogen) atoms. The van der Waals surface area contributed by atoms with Gasteiger partial charge in [-0.25, -0.2) is 0 Å². The molecule has 1 aliphatic rings. The molecule has 4 aromatic rings. The van der Waals surface area contributed by atoms with Crippen molar-refractivity contribution in [3.63, 3.8) is 0 Å². The lowest BCUT2D eigenvalue weighted by molar-refractivity contribution is -0.137. The number of nitrogens with zero attached hydrogens (tertiary/aromatic N) is 4. The Morgan fingerprint density at radius 3 is 2.59 bits per heavy atom. The summed E-state index contributed by atoms with van der Waals surface area (Å²) in [6, 6.07) is 11.7. The van der Waals surface area contributed by atoms with Crippen LogP contribution in [0.15, 0.2) is 57.6 Å². The molecule has 3 heterocycles. The minimum absolute atomic E-state index is 0.0572. The molecular formula is C23H16ClF3N4O3. The number of amides is 1. The van der Waals surface area contributed by atoms with Crippen LogP contribution >= 0.6 is 11.6 Å². The number of alkyl halides is 3. The Hall–Kier alpha value is -3.66. The zero-order valence-electron chi connectivity index (χ0n) is 17.6. The number of halogens is 4. The number of benzene rings is 2. The Morgan fingerprint density at radius 2 is 1.85 bits per heavy atom. The third-order valence-electron chi connectivity index (χ3n) is 5.61. The molecule has 0 N–H and O–H groups in total. The van der Waals surface area contributed by atoms with Gasteiger partial charge in [0.1, 0.15) is 17.0 Å². The number of hydrogen-bond donors (Lipinski definition) is 0. The second kappa shape index (κ2) is 8.28. The van der Waals surface area contributed by atoms with Crippen LogP contribution in [0.2, 0.25) is 5.02 Å². The summed E-state index contributed by atoms with van der Waals surface area (Å²) in [4.78, 5) is 19.0. The van der Waals surface area contributed by atoms with E-state index in [4.69, 9.17) is 20.6 Å². The summed E-state index contributed by atoms with van der Waals surface area (Å²) >= 11 is 6.27. The molecule has 2 aromatic carbocycles. The van der Waals surface area contributed by atoms with Crippen LogP contribution in [0.4, 0.5) is 13.2 Å². The fraction of sp³-hybridized carbons (Fsp3) is 0.217. The summed E-state index contributed by atoms with van der Waals surface area (Å²) in [5.74, 6) is 0.169. The zero-order chi connectivity index (χ0) is 24.0. The number of likely N-dealkylation sites (tertiary alicyclic amines) is 1. The van der Waals surface area contributed by atoms with Crippen molar-refractivity contribution in [2.24, 2.45) is 0 Å². The highest BCUT2D eigenvalue weighted by Gasteiger charge is 2.39. The summed E-state index contributed by atoms with van der Waals surface area (Å²) in [6.45, 7) is 2.25. The van der Waals surface area contributed by atoms with Gasteiger partial charge in [0, 0.05) is 24.2 Å². The number of rotatable bonds is 4. The van der Waals surface area contributed by atoms with Crippen molar-refractivity contribution in [2.75, 3.05) is 13.1 Å². The van der Waals surface area contributed by atoms with E-state index in [1.165, 1.54) is 12.1 Å². The van der Waals surface area contributed by atoms with E-state index in [0.717, 1.165) is 12.1 Å². The quantitative estimate of drug-likeness (QED) is 0.371. The molecule has 5 rings (SSSR count). The maximum absolute atomic E-state index is 13.2. The highest BCUT2D eigenvalue weighted by atomic mass is 35.5. The van der Waals surface area contributed by atoms with Gasteiger partial charge in [0.05, 0.1) is 16.5 Å². The Kier molecular flexibility index (Phi) is 5.40. The fourth-order valence-electron chi connectivity index (χ4n) is 3.77. The molecule has 1 saturated heterocycles. The van der Waals surface area contributed by atoms with E-state index in [1.807, 2.05) is 0 Å². The van der Waals surface area contributed by atoms with Crippen molar-refractivity contribution in [1.29, 1.82) is 0 Å². The summed E-state index contributed by atoms with van der Waals surface area (Å²) < 4.78 is 49.5. The van der Waals surface area contributed by atoms with E-state index in [9.17, 15) is 18.0 Å². The first kappa shape index (κ1) is 22.1. The summed E-state index contributed by atoms with van der Waals surface area (Å²) in [5, 5.41) is 8.28. The van der Waals surface area contributed by atoms with Gasteiger partial charge < -0.3 is 13.9 Å². The van der Waals surface area contributed by atoms with E-state index in [0.29, 0.717) is 40.7 Å². The molecule has 1 aliphatic heterocycles. The Labute approximate surface area is 196 Å². The maximum atomic E-state index is 13.2. The first-order chi connectivity index (χ1) is 16.2. The molecule has 0 aliphatic carbocycles. The second-order valence-electron chi connectivity index (χ2n) is 7.88. The fourth-order valence-corrected chi connectivity index (χ4v) is 4.00. The SMILES string of the molecule is Cc1onc(-c2ccccc2Cl)c1C(=O)N1CC(c2nc(-c3cccc(C(F)(F)F)c3)no2)C1. The van der Waals surface area contributed by atoms with Gasteiger partial charge in [-0.1, -0.05) is 52.2 Å². The Morgan fingerprint density at radius 1 is 1.09 bits per heavy atom. The van der Waals surface area contributed by atoms with Crippen LogP contribution in [-0.4, -0.2) is 39.2 Å². The minimum Gasteiger partial charge on any atom is -0.360 e. The predicted molar refractivity (Wildman–Crippen MR) is 115 cm³/mol. The molecule has 0 atom stereocenters. The molecule has 0 unspecified atom stereocenters. The number of hydrogen-bond acceptors (Lipinski definition) is 6. The zero-order valence-corrected chi connectivity index (χ0v) is 18.4. The van der Waals surface area contributed by atoms with Crippen molar-refractivity contribution >= 4 is 17.5 Å². The predicted octanol–water partition coefficient (Wildman–Crippen LogP) is 5.61. The van der Waals surface area contributed by atoms with E-state index in [2.05, 4.69) is 15.3 Å². The van der Waals surface area contributed by atoms with Crippen molar-refractivity contribution in [3.8, 4) is 22.6 Å². The molecule has 0 saturated carbocycles. The molecule has 0 spiro atoms. The van der Waals surface area contributed by atoms with Crippen molar-refractivity contribution in [1.82, 2.24) is 20.2 Å². The van der Waals surface area contributed by atoms with Gasteiger partial charge in [0.15, 0.2) is 0 Å². The number of carbonyl (C=O) groups excluding carboxylic acids is 1. The molecule has 2 aromatic heterocycles. The van der Waals surface area contributed by atoms with E-state index >= 15 is 0 Å². The molecular weight excluding hydrogens is 473 g/mol. The van der Waals surface area contributed by atoms with Crippen LogP contribution in [0, 0.1) is 6.92 Å². The van der Waals surface area contributed by atoms with Crippen molar-refractivity contribution < 1.29 is 27.0 Å². The first-order valence-electron chi connectivity index (χ1n) is 10.2. The van der Waals surface area contributed by atoms with Crippen molar-refractivity contribution in [2.45, 2.75) is 19.0 Å². The van der Waals surface area contributed by atoms with Gasteiger partial charge in [0.25, 0.3) is 5.91 Å². The number of aryl methyl sites for hydroxylation is 1. The standard InChI is InChI=1S/C23H16ClF3N4O3/c1-12-18(19(29-33-12)16-7-2-3-8-17(16)24)22(32)31-10-14(11-31)21-28-20(30-34-21)13-5-4-6-15(9-13)23(25,26)27/h2-9,14H,10-11H2,1H3. The summed E-state index contributed by atoms with van der Waals surface area (Å²) in [5.41, 5.74) is 0.670. The first-order valence-corrected chi connectivity index (χ1v) is 10.6. The number of aromatic nitrogens is 3. The highest BCUT2D eigenvalue weighted by Crippen LogP contribution is 2.35. The number of carbonyl (C=O) groups is 1. The van der Waals surface area contributed by atoms with Crippen LogP contribution < -0.4 is 0 Å².